The molecule has 0 saturated carbocycles. The molecule has 3 nitrogen and oxygen atoms in total. The number of fused-ring (bicyclic) bond motifs is 9. The first kappa shape index (κ1) is 38.1. The maximum absolute atomic E-state index is 2.43. The van der Waals surface area contributed by atoms with Crippen molar-refractivity contribution in [3.8, 4) is 44.8 Å². The van der Waals surface area contributed by atoms with E-state index in [0.717, 1.165) is 28.4 Å². The highest BCUT2D eigenvalue weighted by Gasteiger charge is 2.35. The van der Waals surface area contributed by atoms with E-state index < -0.39 is 0 Å². The molecule has 1 aliphatic carbocycles. The van der Waals surface area contributed by atoms with Crippen LogP contribution in [0.5, 0.6) is 0 Å². The van der Waals surface area contributed by atoms with E-state index in [4.69, 9.17) is 0 Å². The Kier molecular flexibility index (Phi) is 8.56. The van der Waals surface area contributed by atoms with Crippen molar-refractivity contribution in [3.63, 3.8) is 0 Å². The summed E-state index contributed by atoms with van der Waals surface area (Å²) in [4.78, 5) is 2.41. The van der Waals surface area contributed by atoms with E-state index in [1.54, 1.807) is 0 Å². The summed E-state index contributed by atoms with van der Waals surface area (Å²) in [7, 11) is 0. The zero-order valence-corrected chi connectivity index (χ0v) is 36.9. The summed E-state index contributed by atoms with van der Waals surface area (Å²) in [5.74, 6) is 0. The van der Waals surface area contributed by atoms with Crippen molar-refractivity contribution in [2.45, 2.75) is 19.3 Å². The van der Waals surface area contributed by atoms with Crippen LogP contribution in [0.4, 0.5) is 17.1 Å². The third-order valence-electron chi connectivity index (χ3n) is 14.1. The third-order valence-corrected chi connectivity index (χ3v) is 14.1. The second kappa shape index (κ2) is 14.8. The highest BCUT2D eigenvalue weighted by Crippen LogP contribution is 2.51. The molecule has 0 aliphatic heterocycles. The first-order valence-corrected chi connectivity index (χ1v) is 22.9. The van der Waals surface area contributed by atoms with Crippen LogP contribution in [-0.2, 0) is 5.41 Å². The van der Waals surface area contributed by atoms with Gasteiger partial charge in [-0.2, -0.15) is 0 Å². The lowest BCUT2D eigenvalue weighted by atomic mass is 9.82. The molecule has 10 aromatic carbocycles. The number of aromatic nitrogens is 2. The predicted octanol–water partition coefficient (Wildman–Crippen LogP) is 17.0. The summed E-state index contributed by atoms with van der Waals surface area (Å²) < 4.78 is 4.83. The van der Waals surface area contributed by atoms with Crippen molar-refractivity contribution in [2.75, 3.05) is 4.90 Å². The molecule has 13 rings (SSSR count). The smallest absolute Gasteiger partial charge is 0.0561 e. The van der Waals surface area contributed by atoms with Crippen LogP contribution < -0.4 is 4.90 Å². The van der Waals surface area contributed by atoms with Crippen molar-refractivity contribution in [2.24, 2.45) is 0 Å². The van der Waals surface area contributed by atoms with Crippen molar-refractivity contribution in [1.29, 1.82) is 0 Å². The van der Waals surface area contributed by atoms with Gasteiger partial charge in [0.2, 0.25) is 0 Å². The second-order valence-electron chi connectivity index (χ2n) is 18.2. The van der Waals surface area contributed by atoms with Crippen LogP contribution in [0.25, 0.3) is 88.4 Å². The Bertz CT molecular complexity index is 3820. The highest BCUT2D eigenvalue weighted by atomic mass is 15.1. The topological polar surface area (TPSA) is 13.1 Å². The Morgan fingerprint density at radius 2 is 0.803 bits per heavy atom. The van der Waals surface area contributed by atoms with E-state index in [1.165, 1.54) is 88.1 Å². The Morgan fingerprint density at radius 3 is 1.52 bits per heavy atom. The Balaban J connectivity index is 0.908. The summed E-state index contributed by atoms with van der Waals surface area (Å²) >= 11 is 0. The van der Waals surface area contributed by atoms with Gasteiger partial charge in [-0.1, -0.05) is 166 Å². The first-order valence-electron chi connectivity index (χ1n) is 22.9. The lowest BCUT2D eigenvalue weighted by Crippen LogP contribution is -2.16. The maximum Gasteiger partial charge on any atom is 0.0561 e. The second-order valence-corrected chi connectivity index (χ2v) is 18.2. The molecule has 3 heteroatoms. The molecule has 66 heavy (non-hydrogen) atoms. The van der Waals surface area contributed by atoms with Crippen molar-refractivity contribution >= 4 is 60.7 Å². The quantitative estimate of drug-likeness (QED) is 0.156. The maximum atomic E-state index is 2.43. The largest absolute Gasteiger partial charge is 0.310 e. The van der Waals surface area contributed by atoms with Gasteiger partial charge in [0.05, 0.1) is 22.1 Å². The number of benzene rings is 10. The van der Waals surface area contributed by atoms with Crippen LogP contribution in [0.2, 0.25) is 0 Å². The van der Waals surface area contributed by atoms with Crippen LogP contribution in [0.3, 0.4) is 0 Å². The minimum Gasteiger partial charge on any atom is -0.310 e. The van der Waals surface area contributed by atoms with Crippen LogP contribution in [-0.4, -0.2) is 9.13 Å². The van der Waals surface area contributed by atoms with Gasteiger partial charge in [0, 0.05) is 55.4 Å². The van der Waals surface area contributed by atoms with Gasteiger partial charge in [0.15, 0.2) is 0 Å². The van der Waals surface area contributed by atoms with E-state index in [-0.39, 0.29) is 5.41 Å². The zero-order valence-electron chi connectivity index (χ0n) is 36.9. The van der Waals surface area contributed by atoms with E-state index >= 15 is 0 Å². The highest BCUT2D eigenvalue weighted by molar-refractivity contribution is 6.12. The summed E-state index contributed by atoms with van der Waals surface area (Å²) in [5, 5.41) is 4.98. The standard InChI is InChI=1S/C63H45N3/c1-63(2)57-22-12-9-19-51(57)52-36-34-49(40-58(52)63)64(47-30-25-43(26-31-47)42-15-5-3-6-16-42)48-32-27-44(28-33-48)45-29-38-61-56(39-45)54-21-11-14-24-60(54)66(61)50-35-37-55-53-20-10-13-23-59(53)65(62(55)41-50)46-17-7-4-8-18-46/h3-41H,1-2H3. The fraction of sp³-hybridized carbons (Fsp3) is 0.0476. The number of hydrogen-bond donors (Lipinski definition) is 0. The molecule has 0 bridgehead atoms. The van der Waals surface area contributed by atoms with E-state index in [1.807, 2.05) is 0 Å². The molecule has 2 aromatic heterocycles. The van der Waals surface area contributed by atoms with Crippen molar-refractivity contribution in [1.82, 2.24) is 9.13 Å². The predicted molar refractivity (Wildman–Crippen MR) is 278 cm³/mol. The van der Waals surface area contributed by atoms with Crippen LogP contribution in [0, 0.1) is 0 Å². The molecule has 0 spiro atoms. The summed E-state index contributed by atoms with van der Waals surface area (Å²) in [6.07, 6.45) is 0. The molecule has 0 fully saturated rings. The number of rotatable bonds is 7. The first-order chi connectivity index (χ1) is 32.5. The van der Waals surface area contributed by atoms with Gasteiger partial charge in [0.1, 0.15) is 0 Å². The molecule has 0 amide bonds. The number of hydrogen-bond acceptors (Lipinski definition) is 1. The minimum atomic E-state index is -0.106. The molecule has 0 unspecified atom stereocenters. The number of anilines is 3. The van der Waals surface area contributed by atoms with Crippen LogP contribution in [0.15, 0.2) is 237 Å². The number of nitrogens with zero attached hydrogens (tertiary/aromatic N) is 3. The zero-order chi connectivity index (χ0) is 43.9. The van der Waals surface area contributed by atoms with Gasteiger partial charge in [-0.15, -0.1) is 0 Å². The molecule has 312 valence electrons. The summed E-state index contributed by atoms with van der Waals surface area (Å²) in [5.41, 5.74) is 20.5. The Labute approximate surface area is 384 Å². The van der Waals surface area contributed by atoms with E-state index in [0.29, 0.717) is 0 Å². The summed E-state index contributed by atoms with van der Waals surface area (Å²) in [6, 6.07) is 86.8. The third kappa shape index (κ3) is 5.90. The van der Waals surface area contributed by atoms with Crippen molar-refractivity contribution < 1.29 is 0 Å². The average Bonchev–Trinajstić information content (AvgIpc) is 3.97. The number of para-hydroxylation sites is 3. The van der Waals surface area contributed by atoms with Gasteiger partial charge < -0.3 is 14.0 Å². The van der Waals surface area contributed by atoms with Gasteiger partial charge in [-0.25, -0.2) is 0 Å². The van der Waals surface area contributed by atoms with Crippen LogP contribution >= 0.6 is 0 Å². The van der Waals surface area contributed by atoms with Crippen LogP contribution in [0.1, 0.15) is 25.0 Å². The van der Waals surface area contributed by atoms with E-state index in [2.05, 4.69) is 264 Å². The van der Waals surface area contributed by atoms with E-state index in [9.17, 15) is 0 Å². The normalized spacial score (nSPS) is 12.8. The molecule has 0 atom stereocenters. The lowest BCUT2D eigenvalue weighted by molar-refractivity contribution is 0.660. The SMILES string of the molecule is CC1(C)c2ccccc2-c2ccc(N(c3ccc(-c4ccccc4)cc3)c3ccc(-c4ccc5c(c4)c4ccccc4n5-c4ccc5c6ccccc6n(-c6ccccc6)c5c4)cc3)cc21. The summed E-state index contributed by atoms with van der Waals surface area (Å²) in [6.45, 7) is 4.71. The molecule has 0 radical (unpaired) electrons. The molecular formula is C63H45N3. The molecule has 0 saturated heterocycles. The van der Waals surface area contributed by atoms with Crippen molar-refractivity contribution in [3.05, 3.63) is 248 Å². The fourth-order valence-corrected chi connectivity index (χ4v) is 10.9. The van der Waals surface area contributed by atoms with Gasteiger partial charge in [-0.05, 0) is 129 Å². The van der Waals surface area contributed by atoms with Gasteiger partial charge in [-0.3, -0.25) is 0 Å². The Morgan fingerprint density at radius 1 is 0.303 bits per heavy atom. The Hall–Kier alpha value is -8.40. The van der Waals surface area contributed by atoms with Gasteiger partial charge >= 0.3 is 0 Å². The molecular weight excluding hydrogens is 799 g/mol. The molecule has 12 aromatic rings. The monoisotopic (exact) mass is 843 g/mol. The fourth-order valence-electron chi connectivity index (χ4n) is 10.9. The molecule has 0 N–H and O–H groups in total. The molecule has 1 aliphatic rings. The molecule has 2 heterocycles. The lowest BCUT2D eigenvalue weighted by Gasteiger charge is -2.28. The van der Waals surface area contributed by atoms with Gasteiger partial charge in [0.25, 0.3) is 0 Å². The average molecular weight is 844 g/mol. The minimum absolute atomic E-state index is 0.106.